The van der Waals surface area contributed by atoms with E-state index in [0.29, 0.717) is 13.1 Å². The molecule has 2 aliphatic rings. The predicted octanol–water partition coefficient (Wildman–Crippen LogP) is 4.31. The van der Waals surface area contributed by atoms with Gasteiger partial charge in [0.05, 0.1) is 10.4 Å². The van der Waals surface area contributed by atoms with Gasteiger partial charge in [0.1, 0.15) is 11.2 Å². The molecule has 122 valence electrons. The Bertz CT molecular complexity index is 570. The van der Waals surface area contributed by atoms with E-state index >= 15 is 0 Å². The lowest BCUT2D eigenvalue weighted by Gasteiger charge is -2.43. The molecule has 0 N–H and O–H groups in total. The molecule has 0 bridgehead atoms. The minimum Gasteiger partial charge on any atom is -0.444 e. The van der Waals surface area contributed by atoms with Gasteiger partial charge in [-0.05, 0) is 67.6 Å². The van der Waals surface area contributed by atoms with Crippen molar-refractivity contribution in [1.29, 1.82) is 0 Å². The molecule has 2 aliphatic heterocycles. The van der Waals surface area contributed by atoms with Gasteiger partial charge in [-0.2, -0.15) is 0 Å². The summed E-state index contributed by atoms with van der Waals surface area (Å²) in [6.45, 7) is 7.83. The molecular weight excluding hydrogens is 366 g/mol. The molecule has 1 fully saturated rings. The highest BCUT2D eigenvalue weighted by Gasteiger charge is 2.43. The van der Waals surface area contributed by atoms with E-state index in [1.807, 2.05) is 20.8 Å². The molecule has 0 atom stereocenters. The Labute approximate surface area is 143 Å². The van der Waals surface area contributed by atoms with Crippen LogP contribution in [0.1, 0.15) is 44.1 Å². The second kappa shape index (κ2) is 5.80. The number of ether oxygens (including phenoxy) is 2. The summed E-state index contributed by atoms with van der Waals surface area (Å²) in [6, 6.07) is 2.21. The van der Waals surface area contributed by atoms with Crippen molar-refractivity contribution in [3.63, 3.8) is 0 Å². The van der Waals surface area contributed by atoms with Crippen LogP contribution < -0.4 is 0 Å². The van der Waals surface area contributed by atoms with E-state index in [0.717, 1.165) is 29.7 Å². The molecule has 1 saturated heterocycles. The molecule has 0 aromatic carbocycles. The van der Waals surface area contributed by atoms with Crippen LogP contribution in [0.2, 0.25) is 0 Å². The number of nitrogens with zero attached hydrogens (tertiary/aromatic N) is 1. The van der Waals surface area contributed by atoms with Crippen molar-refractivity contribution >= 4 is 33.4 Å². The normalized spacial score (nSPS) is 20.8. The molecule has 1 aromatic rings. The van der Waals surface area contributed by atoms with Crippen molar-refractivity contribution in [2.75, 3.05) is 19.7 Å². The number of likely N-dealkylation sites (tertiary alicyclic amines) is 1. The first-order valence-electron chi connectivity index (χ1n) is 7.70. The molecule has 1 aromatic heterocycles. The number of amides is 1. The van der Waals surface area contributed by atoms with Crippen molar-refractivity contribution in [2.45, 2.75) is 51.2 Å². The third kappa shape index (κ3) is 3.19. The van der Waals surface area contributed by atoms with Crippen LogP contribution in [0.15, 0.2) is 9.85 Å². The number of halogens is 1. The monoisotopic (exact) mass is 387 g/mol. The topological polar surface area (TPSA) is 38.8 Å². The van der Waals surface area contributed by atoms with Crippen LogP contribution in [0.25, 0.3) is 0 Å². The van der Waals surface area contributed by atoms with Crippen molar-refractivity contribution in [2.24, 2.45) is 0 Å². The summed E-state index contributed by atoms with van der Waals surface area (Å²) in [4.78, 5) is 15.3. The zero-order chi connectivity index (χ0) is 16.0. The lowest BCUT2D eigenvalue weighted by atomic mass is 9.85. The molecule has 0 aliphatic carbocycles. The fraction of sp³-hybridized carbons (Fsp3) is 0.688. The fourth-order valence-corrected chi connectivity index (χ4v) is 5.04. The van der Waals surface area contributed by atoms with Crippen LogP contribution in [0, 0.1) is 0 Å². The van der Waals surface area contributed by atoms with Crippen molar-refractivity contribution in [1.82, 2.24) is 4.90 Å². The molecule has 1 amide bonds. The Kier molecular flexibility index (Phi) is 4.29. The zero-order valence-electron chi connectivity index (χ0n) is 13.3. The number of carbonyl (C=O) groups excluding carboxylic acids is 1. The molecule has 3 rings (SSSR count). The molecule has 0 unspecified atom stereocenters. The van der Waals surface area contributed by atoms with Crippen molar-refractivity contribution in [3.8, 4) is 0 Å². The van der Waals surface area contributed by atoms with Gasteiger partial charge < -0.3 is 14.4 Å². The number of hydrogen-bond acceptors (Lipinski definition) is 4. The molecule has 4 nitrogen and oxygen atoms in total. The quantitative estimate of drug-likeness (QED) is 0.665. The lowest BCUT2D eigenvalue weighted by Crippen LogP contribution is -2.49. The number of thiophene rings is 1. The van der Waals surface area contributed by atoms with E-state index in [1.165, 1.54) is 10.4 Å². The Morgan fingerprint density at radius 2 is 2.09 bits per heavy atom. The van der Waals surface area contributed by atoms with Gasteiger partial charge in [-0.1, -0.05) is 0 Å². The maximum atomic E-state index is 12.2. The van der Waals surface area contributed by atoms with Crippen LogP contribution >= 0.6 is 27.3 Å². The average molecular weight is 388 g/mol. The smallest absolute Gasteiger partial charge is 0.410 e. The lowest BCUT2D eigenvalue weighted by molar-refractivity contribution is -0.0950. The van der Waals surface area contributed by atoms with Gasteiger partial charge >= 0.3 is 6.09 Å². The summed E-state index contributed by atoms with van der Waals surface area (Å²) in [7, 11) is 0. The highest BCUT2D eigenvalue weighted by molar-refractivity contribution is 9.11. The van der Waals surface area contributed by atoms with Gasteiger partial charge in [0.2, 0.25) is 0 Å². The first-order valence-corrected chi connectivity index (χ1v) is 9.31. The molecular formula is C16H22BrNO3S. The van der Waals surface area contributed by atoms with E-state index in [9.17, 15) is 4.79 Å². The zero-order valence-corrected chi connectivity index (χ0v) is 15.7. The minimum absolute atomic E-state index is 0.206. The standard InChI is InChI=1S/C16H22BrNO3S/c1-15(2,3)21-14(19)18-7-5-16(6-8-18)13-11(4-9-20-16)10-12(17)22-13/h10H,4-9H2,1-3H3. The third-order valence-corrected chi connectivity index (χ3v) is 6.03. The highest BCUT2D eigenvalue weighted by Crippen LogP contribution is 2.46. The predicted molar refractivity (Wildman–Crippen MR) is 90.4 cm³/mol. The first kappa shape index (κ1) is 16.3. The van der Waals surface area contributed by atoms with Crippen molar-refractivity contribution < 1.29 is 14.3 Å². The number of hydrogen-bond donors (Lipinski definition) is 0. The number of fused-ring (bicyclic) bond motifs is 2. The minimum atomic E-state index is -0.445. The van der Waals surface area contributed by atoms with Gasteiger partial charge in [0.25, 0.3) is 0 Å². The summed E-state index contributed by atoms with van der Waals surface area (Å²) < 4.78 is 12.8. The van der Waals surface area contributed by atoms with Gasteiger partial charge in [0, 0.05) is 18.0 Å². The third-order valence-electron chi connectivity index (χ3n) is 4.17. The van der Waals surface area contributed by atoms with E-state index in [4.69, 9.17) is 9.47 Å². The number of rotatable bonds is 0. The molecule has 6 heteroatoms. The molecule has 0 radical (unpaired) electrons. The van der Waals surface area contributed by atoms with E-state index < -0.39 is 5.60 Å². The summed E-state index contributed by atoms with van der Waals surface area (Å²) in [5.74, 6) is 0. The van der Waals surface area contributed by atoms with Gasteiger partial charge in [-0.15, -0.1) is 11.3 Å². The van der Waals surface area contributed by atoms with Crippen LogP contribution in [0.5, 0.6) is 0 Å². The summed E-state index contributed by atoms with van der Waals surface area (Å²) in [5.41, 5.74) is 0.746. The maximum absolute atomic E-state index is 12.2. The SMILES string of the molecule is CC(C)(C)OC(=O)N1CCC2(CC1)OCCc1cc(Br)sc12. The summed E-state index contributed by atoms with van der Waals surface area (Å²) in [5, 5.41) is 0. The van der Waals surface area contributed by atoms with Gasteiger partial charge in [0.15, 0.2) is 0 Å². The Morgan fingerprint density at radius 1 is 1.41 bits per heavy atom. The fourth-order valence-electron chi connectivity index (χ4n) is 3.14. The van der Waals surface area contributed by atoms with E-state index in [-0.39, 0.29) is 11.7 Å². The van der Waals surface area contributed by atoms with Crippen LogP contribution in [0.3, 0.4) is 0 Å². The Balaban J connectivity index is 1.71. The maximum Gasteiger partial charge on any atom is 0.410 e. The van der Waals surface area contributed by atoms with Crippen LogP contribution in [-0.4, -0.2) is 36.3 Å². The number of carbonyl (C=O) groups is 1. The van der Waals surface area contributed by atoms with E-state index in [2.05, 4.69) is 22.0 Å². The first-order chi connectivity index (χ1) is 10.3. The van der Waals surface area contributed by atoms with Crippen molar-refractivity contribution in [3.05, 3.63) is 20.3 Å². The van der Waals surface area contributed by atoms with Crippen LogP contribution in [0.4, 0.5) is 4.79 Å². The average Bonchev–Trinajstić information content (AvgIpc) is 2.80. The summed E-state index contributed by atoms with van der Waals surface area (Å²) in [6.07, 6.45) is 2.44. The Morgan fingerprint density at radius 3 is 2.73 bits per heavy atom. The van der Waals surface area contributed by atoms with E-state index in [1.54, 1.807) is 16.2 Å². The molecule has 22 heavy (non-hydrogen) atoms. The van der Waals surface area contributed by atoms with Crippen LogP contribution in [-0.2, 0) is 21.5 Å². The second-order valence-corrected chi connectivity index (χ2v) is 9.40. The Hall–Kier alpha value is -0.590. The van der Waals surface area contributed by atoms with Gasteiger partial charge in [-0.3, -0.25) is 0 Å². The van der Waals surface area contributed by atoms with Gasteiger partial charge in [-0.25, -0.2) is 4.79 Å². The highest BCUT2D eigenvalue weighted by atomic mass is 79.9. The number of piperidine rings is 1. The second-order valence-electron chi connectivity index (χ2n) is 6.97. The molecule has 0 saturated carbocycles. The molecule has 1 spiro atoms. The molecule has 3 heterocycles. The largest absolute Gasteiger partial charge is 0.444 e. The summed E-state index contributed by atoms with van der Waals surface area (Å²) >= 11 is 5.36.